The molecule has 0 amide bonds. The van der Waals surface area contributed by atoms with E-state index in [0.29, 0.717) is 24.3 Å². The molecule has 0 fully saturated rings. The van der Waals surface area contributed by atoms with E-state index in [9.17, 15) is 4.79 Å². The van der Waals surface area contributed by atoms with Crippen LogP contribution in [0.3, 0.4) is 0 Å². The van der Waals surface area contributed by atoms with Gasteiger partial charge in [0.2, 0.25) is 0 Å². The second-order valence-electron chi connectivity index (χ2n) is 4.38. The topological polar surface area (TPSA) is 98.9 Å². The van der Waals surface area contributed by atoms with E-state index in [0.717, 1.165) is 24.1 Å². The molecule has 0 atom stereocenters. The Morgan fingerprint density at radius 2 is 2.05 bits per heavy atom. The lowest BCUT2D eigenvalue weighted by atomic mass is 10.1. The van der Waals surface area contributed by atoms with E-state index < -0.39 is 5.97 Å². The zero-order chi connectivity index (χ0) is 14.3. The second kappa shape index (κ2) is 7.31. The summed E-state index contributed by atoms with van der Waals surface area (Å²) in [5.74, 6) is -0.261. The zero-order valence-corrected chi connectivity index (χ0v) is 11.2. The van der Waals surface area contributed by atoms with Gasteiger partial charge in [0.05, 0.1) is 5.69 Å². The van der Waals surface area contributed by atoms with Crippen molar-refractivity contribution in [2.24, 2.45) is 0 Å². The third kappa shape index (κ3) is 4.54. The van der Waals surface area contributed by atoms with Gasteiger partial charge < -0.3 is 10.4 Å². The smallest absolute Gasteiger partial charge is 0.303 e. The highest BCUT2D eigenvalue weighted by Gasteiger charge is 2.09. The summed E-state index contributed by atoms with van der Waals surface area (Å²) in [5.41, 5.74) is 2.12. The molecule has 0 aliphatic rings. The average molecular weight is 262 g/mol. The van der Waals surface area contributed by atoms with Crippen molar-refractivity contribution in [2.75, 3.05) is 11.9 Å². The quantitative estimate of drug-likeness (QED) is 0.729. The maximum atomic E-state index is 10.3. The number of nitrogens with one attached hydrogen (secondary N) is 1. The number of nitriles is 1. The molecule has 6 nitrogen and oxygen atoms in total. The molecule has 0 radical (unpaired) electrons. The van der Waals surface area contributed by atoms with Crippen LogP contribution >= 0.6 is 0 Å². The Hall–Kier alpha value is -2.16. The number of aryl methyl sites for hydroxylation is 1. The Bertz CT molecular complexity index is 494. The number of carbonyl (C=O) groups is 1. The van der Waals surface area contributed by atoms with Gasteiger partial charge in [0.25, 0.3) is 0 Å². The fraction of sp³-hybridized carbons (Fsp3) is 0.538. The Labute approximate surface area is 112 Å². The summed E-state index contributed by atoms with van der Waals surface area (Å²) in [7, 11) is 0. The molecule has 0 saturated heterocycles. The third-order valence-electron chi connectivity index (χ3n) is 2.93. The fourth-order valence-corrected chi connectivity index (χ4v) is 1.65. The van der Waals surface area contributed by atoms with Crippen LogP contribution in [0, 0.1) is 25.2 Å². The summed E-state index contributed by atoms with van der Waals surface area (Å²) < 4.78 is 0. The van der Waals surface area contributed by atoms with E-state index in [2.05, 4.69) is 21.6 Å². The van der Waals surface area contributed by atoms with Crippen molar-refractivity contribution >= 4 is 11.8 Å². The predicted octanol–water partition coefficient (Wildman–Crippen LogP) is 2.02. The van der Waals surface area contributed by atoms with Gasteiger partial charge in [-0.3, -0.25) is 4.79 Å². The number of aliphatic carboxylic acids is 1. The number of carboxylic acid groups (broad SMARTS) is 1. The third-order valence-corrected chi connectivity index (χ3v) is 2.93. The number of unbranched alkanes of at least 4 members (excludes halogenated alkanes) is 2. The standard InChI is InChI=1S/C13H18N4O2/c1-9-10(2)16-17-13(11(9)8-14)15-7-5-3-4-6-12(18)19/h3-7H2,1-2H3,(H,15,17)(H,18,19). The monoisotopic (exact) mass is 262 g/mol. The first kappa shape index (κ1) is 14.9. The van der Waals surface area contributed by atoms with Crippen LogP contribution in [0.25, 0.3) is 0 Å². The van der Waals surface area contributed by atoms with Gasteiger partial charge in [-0.1, -0.05) is 6.42 Å². The van der Waals surface area contributed by atoms with Gasteiger partial charge in [0, 0.05) is 13.0 Å². The van der Waals surface area contributed by atoms with Crippen LogP contribution in [0.2, 0.25) is 0 Å². The summed E-state index contributed by atoms with van der Waals surface area (Å²) >= 11 is 0. The molecule has 0 aliphatic carbocycles. The van der Waals surface area contributed by atoms with Gasteiger partial charge in [-0.15, -0.1) is 5.10 Å². The van der Waals surface area contributed by atoms with Crippen molar-refractivity contribution in [2.45, 2.75) is 39.5 Å². The molecule has 1 heterocycles. The van der Waals surface area contributed by atoms with Crippen LogP contribution in [0.4, 0.5) is 5.82 Å². The molecule has 1 aromatic heterocycles. The van der Waals surface area contributed by atoms with Gasteiger partial charge >= 0.3 is 5.97 Å². The highest BCUT2D eigenvalue weighted by molar-refractivity contribution is 5.66. The van der Waals surface area contributed by atoms with Gasteiger partial charge in [0.15, 0.2) is 5.82 Å². The maximum Gasteiger partial charge on any atom is 0.303 e. The van der Waals surface area contributed by atoms with Crippen molar-refractivity contribution in [3.63, 3.8) is 0 Å². The molecule has 0 saturated carbocycles. The maximum absolute atomic E-state index is 10.3. The minimum absolute atomic E-state index is 0.201. The summed E-state index contributed by atoms with van der Waals surface area (Å²) in [6.45, 7) is 4.32. The van der Waals surface area contributed by atoms with E-state index in [-0.39, 0.29) is 6.42 Å². The van der Waals surface area contributed by atoms with Crippen molar-refractivity contribution in [1.29, 1.82) is 5.26 Å². The molecule has 1 aromatic rings. The molecule has 0 unspecified atom stereocenters. The molecule has 0 spiro atoms. The first-order valence-electron chi connectivity index (χ1n) is 6.26. The van der Waals surface area contributed by atoms with Gasteiger partial charge in [-0.25, -0.2) is 0 Å². The van der Waals surface area contributed by atoms with E-state index in [4.69, 9.17) is 10.4 Å². The van der Waals surface area contributed by atoms with E-state index in [1.54, 1.807) is 0 Å². The number of carboxylic acids is 1. The highest BCUT2D eigenvalue weighted by atomic mass is 16.4. The van der Waals surface area contributed by atoms with Gasteiger partial charge in [-0.05, 0) is 32.3 Å². The lowest BCUT2D eigenvalue weighted by Gasteiger charge is -2.09. The largest absolute Gasteiger partial charge is 0.481 e. The molecule has 0 bridgehead atoms. The Kier molecular flexibility index (Phi) is 5.73. The first-order valence-corrected chi connectivity index (χ1v) is 6.26. The number of aromatic nitrogens is 2. The van der Waals surface area contributed by atoms with Crippen LogP contribution in [0.5, 0.6) is 0 Å². The molecular weight excluding hydrogens is 244 g/mol. The molecular formula is C13H18N4O2. The van der Waals surface area contributed by atoms with Crippen LogP contribution in [0.15, 0.2) is 0 Å². The number of hydrogen-bond acceptors (Lipinski definition) is 5. The van der Waals surface area contributed by atoms with Crippen molar-refractivity contribution in [3.05, 3.63) is 16.8 Å². The first-order chi connectivity index (χ1) is 9.06. The lowest BCUT2D eigenvalue weighted by Crippen LogP contribution is -2.09. The highest BCUT2D eigenvalue weighted by Crippen LogP contribution is 2.17. The van der Waals surface area contributed by atoms with Crippen LogP contribution in [-0.4, -0.2) is 27.8 Å². The summed E-state index contributed by atoms with van der Waals surface area (Å²) in [6.07, 6.45) is 2.54. The zero-order valence-electron chi connectivity index (χ0n) is 11.2. The molecule has 6 heteroatoms. The SMILES string of the molecule is Cc1nnc(NCCCCCC(=O)O)c(C#N)c1C. The number of hydrogen-bond donors (Lipinski definition) is 2. The average Bonchev–Trinajstić information content (AvgIpc) is 2.37. The van der Waals surface area contributed by atoms with E-state index in [1.807, 2.05) is 13.8 Å². The predicted molar refractivity (Wildman–Crippen MR) is 70.8 cm³/mol. The molecule has 0 aromatic carbocycles. The molecule has 2 N–H and O–H groups in total. The summed E-state index contributed by atoms with van der Waals surface area (Å²) in [6, 6.07) is 2.13. The number of nitrogens with zero attached hydrogens (tertiary/aromatic N) is 3. The lowest BCUT2D eigenvalue weighted by molar-refractivity contribution is -0.137. The Morgan fingerprint density at radius 1 is 1.32 bits per heavy atom. The minimum atomic E-state index is -0.764. The van der Waals surface area contributed by atoms with Crippen molar-refractivity contribution in [3.8, 4) is 6.07 Å². The van der Waals surface area contributed by atoms with Crippen molar-refractivity contribution in [1.82, 2.24) is 10.2 Å². The second-order valence-corrected chi connectivity index (χ2v) is 4.38. The van der Waals surface area contributed by atoms with Crippen molar-refractivity contribution < 1.29 is 9.90 Å². The van der Waals surface area contributed by atoms with Crippen LogP contribution in [-0.2, 0) is 4.79 Å². The van der Waals surface area contributed by atoms with E-state index >= 15 is 0 Å². The van der Waals surface area contributed by atoms with Gasteiger partial charge in [-0.2, -0.15) is 10.4 Å². The molecule has 0 aliphatic heterocycles. The van der Waals surface area contributed by atoms with Gasteiger partial charge in [0.1, 0.15) is 11.6 Å². The molecule has 19 heavy (non-hydrogen) atoms. The molecule has 1 rings (SSSR count). The Balaban J connectivity index is 2.44. The Morgan fingerprint density at radius 3 is 2.68 bits per heavy atom. The summed E-state index contributed by atoms with van der Waals surface area (Å²) in [5, 5.41) is 28.6. The normalized spacial score (nSPS) is 9.95. The minimum Gasteiger partial charge on any atom is -0.481 e. The molecule has 102 valence electrons. The summed E-state index contributed by atoms with van der Waals surface area (Å²) in [4.78, 5) is 10.3. The fourth-order valence-electron chi connectivity index (χ4n) is 1.65. The van der Waals surface area contributed by atoms with Crippen LogP contribution < -0.4 is 5.32 Å². The number of anilines is 1. The van der Waals surface area contributed by atoms with Crippen LogP contribution in [0.1, 0.15) is 42.5 Å². The van der Waals surface area contributed by atoms with E-state index in [1.165, 1.54) is 0 Å². The number of rotatable bonds is 7.